The molecule has 1 saturated heterocycles. The fourth-order valence-corrected chi connectivity index (χ4v) is 2.52. The molecule has 0 bridgehead atoms. The van der Waals surface area contributed by atoms with Gasteiger partial charge in [-0.25, -0.2) is 4.79 Å². The lowest BCUT2D eigenvalue weighted by atomic mass is 10.2. The number of amides is 2. The van der Waals surface area contributed by atoms with Crippen LogP contribution < -0.4 is 5.32 Å². The Balaban J connectivity index is 1.88. The van der Waals surface area contributed by atoms with E-state index in [9.17, 15) is 4.79 Å². The number of aromatic nitrogens is 2. The first kappa shape index (κ1) is 13.7. The van der Waals surface area contributed by atoms with Crippen LogP contribution in [-0.4, -0.2) is 58.2 Å². The van der Waals surface area contributed by atoms with Gasteiger partial charge in [0.2, 0.25) is 0 Å². The van der Waals surface area contributed by atoms with Gasteiger partial charge in [0.1, 0.15) is 0 Å². The first-order valence-corrected chi connectivity index (χ1v) is 6.82. The van der Waals surface area contributed by atoms with Crippen molar-refractivity contribution >= 4 is 11.8 Å². The van der Waals surface area contributed by atoms with E-state index in [0.29, 0.717) is 11.9 Å². The highest BCUT2D eigenvalue weighted by Crippen LogP contribution is 2.16. The number of nitrogens with zero attached hydrogens (tertiary/aromatic N) is 4. The summed E-state index contributed by atoms with van der Waals surface area (Å²) in [6.45, 7) is 7.96. The molecule has 1 unspecified atom stereocenters. The number of hydrogen-bond acceptors (Lipinski definition) is 4. The number of likely N-dealkylation sites (N-methyl/N-ethyl adjacent to an activating group) is 1. The summed E-state index contributed by atoms with van der Waals surface area (Å²) in [5.74, 6) is 0.499. The molecule has 1 aliphatic heterocycles. The molecule has 2 rings (SSSR count). The number of anilines is 1. The molecule has 104 valence electrons. The van der Waals surface area contributed by atoms with E-state index in [1.165, 1.54) is 0 Å². The second-order valence-corrected chi connectivity index (χ2v) is 4.65. The largest absolute Gasteiger partial charge is 0.323 e. The van der Waals surface area contributed by atoms with E-state index in [1.807, 2.05) is 4.90 Å². The lowest BCUT2D eigenvalue weighted by Gasteiger charge is -2.26. The molecule has 19 heavy (non-hydrogen) atoms. The monoisotopic (exact) mass is 263 g/mol. The van der Waals surface area contributed by atoms with Crippen LogP contribution in [0.1, 0.15) is 20.3 Å². The van der Waals surface area contributed by atoms with Gasteiger partial charge in [-0.2, -0.15) is 5.10 Å². The second kappa shape index (κ2) is 6.47. The number of hydrogen-bond donors (Lipinski definition) is 1. The van der Waals surface area contributed by atoms with Crippen molar-refractivity contribution in [1.82, 2.24) is 20.0 Å². The van der Waals surface area contributed by atoms with Crippen molar-refractivity contribution in [3.05, 3.63) is 18.3 Å². The number of rotatable bonds is 4. The molecule has 1 N–H and O–H groups in total. The summed E-state index contributed by atoms with van der Waals surface area (Å²) < 4.78 is 0. The molecule has 1 aromatic heterocycles. The molecule has 2 heterocycles. The van der Waals surface area contributed by atoms with Crippen molar-refractivity contribution in [3.63, 3.8) is 0 Å². The fourth-order valence-electron chi connectivity index (χ4n) is 2.52. The smallest absolute Gasteiger partial charge is 0.323 e. The molecular formula is C13H21N5O. The molecule has 0 aliphatic carbocycles. The summed E-state index contributed by atoms with van der Waals surface area (Å²) in [5.41, 5.74) is 0. The van der Waals surface area contributed by atoms with Gasteiger partial charge >= 0.3 is 6.03 Å². The van der Waals surface area contributed by atoms with Gasteiger partial charge in [0.05, 0.1) is 0 Å². The summed E-state index contributed by atoms with van der Waals surface area (Å²) in [7, 11) is 0. The quantitative estimate of drug-likeness (QED) is 0.892. The Labute approximate surface area is 113 Å². The molecule has 1 aromatic rings. The van der Waals surface area contributed by atoms with Gasteiger partial charge in [-0.05, 0) is 31.6 Å². The predicted molar refractivity (Wildman–Crippen MR) is 73.9 cm³/mol. The van der Waals surface area contributed by atoms with Crippen molar-refractivity contribution in [2.24, 2.45) is 0 Å². The standard InChI is InChI=1S/C13H21N5O/c1-3-17(4-2)11-7-9-18(10-11)13(19)15-12-6-5-8-14-16-12/h5-6,8,11H,3-4,7,9-10H2,1-2H3,(H,15,16,19). The zero-order valence-corrected chi connectivity index (χ0v) is 11.5. The van der Waals surface area contributed by atoms with Crippen LogP contribution in [-0.2, 0) is 0 Å². The van der Waals surface area contributed by atoms with Crippen LogP contribution in [0.3, 0.4) is 0 Å². The van der Waals surface area contributed by atoms with Crippen molar-refractivity contribution in [1.29, 1.82) is 0 Å². The minimum Gasteiger partial charge on any atom is -0.323 e. The first-order valence-electron chi connectivity index (χ1n) is 6.82. The molecule has 6 heteroatoms. The number of nitrogens with one attached hydrogen (secondary N) is 1. The SMILES string of the molecule is CCN(CC)C1CCN(C(=O)Nc2cccnn2)C1. The third kappa shape index (κ3) is 3.41. The van der Waals surface area contributed by atoms with Crippen LogP contribution in [0.5, 0.6) is 0 Å². The van der Waals surface area contributed by atoms with Crippen LogP contribution >= 0.6 is 0 Å². The van der Waals surface area contributed by atoms with Crippen LogP contribution in [0, 0.1) is 0 Å². The van der Waals surface area contributed by atoms with E-state index in [-0.39, 0.29) is 6.03 Å². The maximum absolute atomic E-state index is 12.1. The zero-order valence-electron chi connectivity index (χ0n) is 11.5. The second-order valence-electron chi connectivity index (χ2n) is 4.65. The van der Waals surface area contributed by atoms with E-state index in [0.717, 1.165) is 32.6 Å². The summed E-state index contributed by atoms with van der Waals surface area (Å²) in [6.07, 6.45) is 2.62. The first-order chi connectivity index (χ1) is 9.24. The Morgan fingerprint density at radius 1 is 1.53 bits per heavy atom. The average molecular weight is 263 g/mol. The normalized spacial score (nSPS) is 18.9. The van der Waals surface area contributed by atoms with Gasteiger partial charge in [0.25, 0.3) is 0 Å². The third-order valence-corrected chi connectivity index (χ3v) is 3.59. The minimum absolute atomic E-state index is 0.0878. The molecule has 1 aliphatic rings. The number of carbonyl (C=O) groups excluding carboxylic acids is 1. The lowest BCUT2D eigenvalue weighted by Crippen LogP contribution is -2.39. The molecule has 1 fully saturated rings. The van der Waals surface area contributed by atoms with E-state index >= 15 is 0 Å². The Morgan fingerprint density at radius 3 is 2.95 bits per heavy atom. The summed E-state index contributed by atoms with van der Waals surface area (Å²) in [5, 5.41) is 10.4. The Kier molecular flexibility index (Phi) is 4.68. The molecule has 0 radical (unpaired) electrons. The lowest BCUT2D eigenvalue weighted by molar-refractivity contribution is 0.202. The summed E-state index contributed by atoms with van der Waals surface area (Å²) >= 11 is 0. The van der Waals surface area contributed by atoms with E-state index in [4.69, 9.17) is 0 Å². The minimum atomic E-state index is -0.0878. The van der Waals surface area contributed by atoms with Crippen molar-refractivity contribution in [3.8, 4) is 0 Å². The molecular weight excluding hydrogens is 242 g/mol. The van der Waals surface area contributed by atoms with Crippen molar-refractivity contribution in [2.45, 2.75) is 26.3 Å². The van der Waals surface area contributed by atoms with E-state index in [1.54, 1.807) is 18.3 Å². The Morgan fingerprint density at radius 2 is 2.32 bits per heavy atom. The van der Waals surface area contributed by atoms with Crippen LogP contribution in [0.15, 0.2) is 18.3 Å². The van der Waals surface area contributed by atoms with E-state index < -0.39 is 0 Å². The van der Waals surface area contributed by atoms with Crippen LogP contribution in [0.4, 0.5) is 10.6 Å². The molecule has 0 spiro atoms. The van der Waals surface area contributed by atoms with Gasteiger partial charge in [-0.15, -0.1) is 5.10 Å². The van der Waals surface area contributed by atoms with Crippen LogP contribution in [0.2, 0.25) is 0 Å². The van der Waals surface area contributed by atoms with Crippen molar-refractivity contribution in [2.75, 3.05) is 31.5 Å². The number of likely N-dealkylation sites (tertiary alicyclic amines) is 1. The maximum atomic E-state index is 12.1. The van der Waals surface area contributed by atoms with Gasteiger partial charge in [-0.3, -0.25) is 10.2 Å². The maximum Gasteiger partial charge on any atom is 0.323 e. The molecule has 1 atom stereocenters. The van der Waals surface area contributed by atoms with Gasteiger partial charge in [-0.1, -0.05) is 13.8 Å². The Hall–Kier alpha value is -1.69. The Bertz CT molecular complexity index is 407. The summed E-state index contributed by atoms with van der Waals surface area (Å²) in [6, 6.07) is 3.88. The average Bonchev–Trinajstić information content (AvgIpc) is 2.91. The highest BCUT2D eigenvalue weighted by Gasteiger charge is 2.29. The van der Waals surface area contributed by atoms with Gasteiger partial charge in [0.15, 0.2) is 5.82 Å². The molecule has 0 saturated carbocycles. The fraction of sp³-hybridized carbons (Fsp3) is 0.615. The van der Waals surface area contributed by atoms with E-state index in [2.05, 4.69) is 34.3 Å². The third-order valence-electron chi connectivity index (χ3n) is 3.59. The number of urea groups is 1. The van der Waals surface area contributed by atoms with Gasteiger partial charge in [0, 0.05) is 25.3 Å². The zero-order chi connectivity index (χ0) is 13.7. The number of carbonyl (C=O) groups is 1. The molecule has 6 nitrogen and oxygen atoms in total. The molecule has 0 aromatic carbocycles. The predicted octanol–water partition coefficient (Wildman–Crippen LogP) is 1.42. The van der Waals surface area contributed by atoms with Crippen LogP contribution in [0.25, 0.3) is 0 Å². The molecule has 2 amide bonds. The topological polar surface area (TPSA) is 61.4 Å². The highest BCUT2D eigenvalue weighted by atomic mass is 16.2. The van der Waals surface area contributed by atoms with Gasteiger partial charge < -0.3 is 4.90 Å². The highest BCUT2D eigenvalue weighted by molar-refractivity contribution is 5.88. The van der Waals surface area contributed by atoms with Crippen molar-refractivity contribution < 1.29 is 4.79 Å². The summed E-state index contributed by atoms with van der Waals surface area (Å²) in [4.78, 5) is 16.3.